The van der Waals surface area contributed by atoms with Crippen LogP contribution in [0.25, 0.3) is 0 Å². The second-order valence-electron chi connectivity index (χ2n) is 23.7. The first kappa shape index (κ1) is 94.3. The normalized spacial score (nSPS) is 10.3. The second-order valence-corrected chi connectivity index (χ2v) is 63.9. The Labute approximate surface area is 516 Å². The molecule has 0 spiro atoms. The van der Waals surface area contributed by atoms with Crippen molar-refractivity contribution in [3.63, 3.8) is 0 Å². The average Bonchev–Trinajstić information content (AvgIpc) is 3.99. The summed E-state index contributed by atoms with van der Waals surface area (Å²) in [5, 5.41) is 14.7. The molecule has 72 heavy (non-hydrogen) atoms. The average molecular weight is 1360 g/mol. The van der Waals surface area contributed by atoms with E-state index >= 15 is 0 Å². The molecule has 0 heterocycles. The van der Waals surface area contributed by atoms with Crippen LogP contribution < -0.4 is 39.4 Å². The van der Waals surface area contributed by atoms with Crippen molar-refractivity contribution in [2.24, 2.45) is 0 Å². The summed E-state index contributed by atoms with van der Waals surface area (Å²) in [6.07, 6.45) is 26.7. The standard InChI is InChI=1S/4C8H13Si.4C5H9Si.CHNS.Ag.ClHO4.Cu.2Ti/c4*1-9(2,3)8-6-4-5-7-8;4*1-5-6(2,3)4;2-1-3;;2-1(3,4)5;;;/h4*4-7H,1-3H3;4*2-4H3;3H;;(H,2,3,4,5);;;/q8*-1;;+1;;+1;2*+4/p-2. The van der Waals surface area contributed by atoms with Gasteiger partial charge in [-0.05, 0) is 0 Å². The summed E-state index contributed by atoms with van der Waals surface area (Å²) in [6, 6.07) is 34.8. The zero-order valence-corrected chi connectivity index (χ0v) is 63.3. The maximum Gasteiger partial charge on any atom is 4.00 e. The molecule has 4 aromatic rings. The van der Waals surface area contributed by atoms with Crippen molar-refractivity contribution in [1.82, 2.24) is 0 Å². The van der Waals surface area contributed by atoms with Crippen LogP contribution in [-0.2, 0) is 95.5 Å². The maximum atomic E-state index is 8.49. The van der Waals surface area contributed by atoms with E-state index in [1.807, 2.05) is 0 Å². The van der Waals surface area contributed by atoms with Crippen LogP contribution in [0.15, 0.2) is 97.1 Å². The number of halogens is 1. The Hall–Kier alpha value is -0.0966. The zero-order valence-electron chi connectivity index (χ0n) is 48.2. The number of thiocyanates is 1. The molecule has 0 N–H and O–H groups in total. The molecule has 19 heteroatoms. The van der Waals surface area contributed by atoms with E-state index in [9.17, 15) is 0 Å². The van der Waals surface area contributed by atoms with Gasteiger partial charge >= 0.3 is 82.9 Å². The fourth-order valence-electron chi connectivity index (χ4n) is 3.50. The SMILES string of the molecule is C[Si](C)(C)c1cc[cH-]c1.C[Si](C)(C)c1cc[cH-]c1.C[Si](C)(C)c1ccc[cH-]1.C[Si](C)(C)c1ccc[cH-]1.N#C[S-].[Ag+].[C-]#C[Si](C)(C)C.[C-]#C[Si](C)(C)C.[C-]#C[Si](C)(C)C.[C-]#C[Si](C)(C)C.[Cu+].[O-][Cl+3]([O-])([O-])[O-].[Ti+4].[Ti+4]. The van der Waals surface area contributed by atoms with E-state index in [0.717, 1.165) is 0 Å². The van der Waals surface area contributed by atoms with Gasteiger partial charge in [0.25, 0.3) is 0 Å². The van der Waals surface area contributed by atoms with Gasteiger partial charge in [-0.15, -0.1) is 10.2 Å². The minimum Gasteiger partial charge on any atom is -0.701 e. The fraction of sp³-hybridized carbons (Fsp3) is 0.453. The molecular weight excluding hydrogens is 1270 g/mol. The van der Waals surface area contributed by atoms with Crippen LogP contribution in [0.5, 0.6) is 0 Å². The number of nitriles is 1. The van der Waals surface area contributed by atoms with Crippen LogP contribution in [0.1, 0.15) is 0 Å². The summed E-state index contributed by atoms with van der Waals surface area (Å²) in [6.45, 7) is 53.4. The van der Waals surface area contributed by atoms with Crippen LogP contribution in [-0.4, -0.2) is 64.6 Å². The van der Waals surface area contributed by atoms with E-state index in [2.05, 4.69) is 289 Å². The van der Waals surface area contributed by atoms with Gasteiger partial charge in [-0.25, -0.2) is 70.7 Å². The van der Waals surface area contributed by atoms with Crippen molar-refractivity contribution >= 4 is 98.0 Å². The minimum absolute atomic E-state index is 0. The first-order valence-electron chi connectivity index (χ1n) is 22.4. The zero-order chi connectivity index (χ0) is 55.7. The third-order valence-corrected chi connectivity index (χ3v) is 18.9. The van der Waals surface area contributed by atoms with Gasteiger partial charge in [0, 0.05) is 16.1 Å². The Kier molecular flexibility index (Phi) is 60.1. The Morgan fingerprint density at radius 2 is 0.625 bits per heavy atom. The Bertz CT molecular complexity index is 1730. The molecule has 0 radical (unpaired) electrons. The monoisotopic (exact) mass is 1360 g/mol. The smallest absolute Gasteiger partial charge is 0.701 e. The Balaban J connectivity index is -0.0000000746. The van der Waals surface area contributed by atoms with E-state index in [1.54, 1.807) is 20.7 Å². The number of hydrogen-bond donors (Lipinski definition) is 0. The van der Waals surface area contributed by atoms with Gasteiger partial charge in [0.15, 0.2) is 0 Å². The summed E-state index contributed by atoms with van der Waals surface area (Å²) >= 11 is 3.70. The molecule has 0 unspecified atom stereocenters. The molecule has 404 valence electrons. The summed E-state index contributed by atoms with van der Waals surface area (Å²) in [4.78, 5) is 0. The van der Waals surface area contributed by atoms with Crippen LogP contribution in [0, 0.1) is 68.8 Å². The molecule has 0 aliphatic carbocycles. The number of nitrogens with zero attached hydrogens (tertiary/aromatic N) is 1. The predicted octanol–water partition coefficient (Wildman–Crippen LogP) is 8.87. The van der Waals surface area contributed by atoms with Gasteiger partial charge in [-0.3, -0.25) is 0 Å². The van der Waals surface area contributed by atoms with Gasteiger partial charge in [0.2, 0.25) is 0 Å². The first-order valence-corrected chi connectivity index (χ1v) is 52.0. The van der Waals surface area contributed by atoms with Gasteiger partial charge in [-0.2, -0.15) is 71.0 Å². The summed E-state index contributed by atoms with van der Waals surface area (Å²) in [7, 11) is -13.7. The van der Waals surface area contributed by atoms with Gasteiger partial charge in [0.05, 0.1) is 48.4 Å². The Morgan fingerprint density at radius 3 is 0.681 bits per heavy atom. The van der Waals surface area contributed by atoms with Crippen molar-refractivity contribution in [3.8, 4) is 27.6 Å². The second kappa shape index (κ2) is 45.9. The van der Waals surface area contributed by atoms with Crippen LogP contribution in [0.2, 0.25) is 157 Å². The van der Waals surface area contributed by atoms with E-state index in [4.69, 9.17) is 49.6 Å². The molecule has 0 fully saturated rings. The third-order valence-electron chi connectivity index (χ3n) is 7.61. The van der Waals surface area contributed by atoms with Gasteiger partial charge in [-0.1, -0.05) is 163 Å². The molecule has 0 amide bonds. The molecule has 0 saturated carbocycles. The van der Waals surface area contributed by atoms with Crippen molar-refractivity contribution in [2.75, 3.05) is 0 Å². The molecule has 0 aromatic heterocycles. The predicted molar refractivity (Wildman–Crippen MR) is 315 cm³/mol. The van der Waals surface area contributed by atoms with E-state index in [1.165, 1.54) is 5.40 Å². The van der Waals surface area contributed by atoms with E-state index < -0.39 is 74.8 Å². The number of rotatable bonds is 4. The molecular formula is C53H88AgClCuNO4SSi8Ti2. The van der Waals surface area contributed by atoms with E-state index in [-0.39, 0.29) is 82.9 Å². The molecule has 0 aliphatic rings. The quantitative estimate of drug-likeness (QED) is 0.0664. The summed E-state index contributed by atoms with van der Waals surface area (Å²) in [5.41, 5.74) is 9.97. The van der Waals surface area contributed by atoms with Crippen molar-refractivity contribution in [2.45, 2.75) is 157 Å². The van der Waals surface area contributed by atoms with Crippen molar-refractivity contribution < 1.29 is 112 Å². The van der Waals surface area contributed by atoms with Crippen LogP contribution >= 0.6 is 0 Å². The number of hydrogen-bond acceptors (Lipinski definition) is 6. The molecule has 4 rings (SSSR count). The van der Waals surface area contributed by atoms with Crippen LogP contribution in [0.4, 0.5) is 0 Å². The molecule has 0 bridgehead atoms. The first-order chi connectivity index (χ1) is 30.1. The van der Waals surface area contributed by atoms with Gasteiger partial charge in [0.1, 0.15) is 0 Å². The topological polar surface area (TPSA) is 116 Å². The molecule has 0 atom stereocenters. The maximum absolute atomic E-state index is 8.49. The molecule has 0 aliphatic heterocycles. The molecule has 4 aromatic carbocycles. The van der Waals surface area contributed by atoms with Crippen LogP contribution in [0.3, 0.4) is 0 Å². The molecule has 0 saturated heterocycles. The molecule has 5 nitrogen and oxygen atoms in total. The summed E-state index contributed by atoms with van der Waals surface area (Å²) in [5.74, 6) is 0. The fourth-order valence-corrected chi connectivity index (χ4v) is 8.27. The Morgan fingerprint density at radius 1 is 0.444 bits per heavy atom. The minimum atomic E-state index is -4.94. The largest absolute Gasteiger partial charge is 4.00 e. The van der Waals surface area contributed by atoms with Crippen molar-refractivity contribution in [3.05, 3.63) is 123 Å². The van der Waals surface area contributed by atoms with Gasteiger partial charge < -0.3 is 60.5 Å². The third kappa shape index (κ3) is 81.3. The summed E-state index contributed by atoms with van der Waals surface area (Å²) < 4.78 is 34.0. The van der Waals surface area contributed by atoms with Crippen molar-refractivity contribution in [1.29, 1.82) is 5.26 Å². The van der Waals surface area contributed by atoms with E-state index in [0.29, 0.717) is 0 Å².